The zero-order chi connectivity index (χ0) is 24.7. The predicted molar refractivity (Wildman–Crippen MR) is 140 cm³/mol. The van der Waals surface area contributed by atoms with Crippen LogP contribution in [0.5, 0.6) is 0 Å². The van der Waals surface area contributed by atoms with E-state index in [-0.39, 0.29) is 11.7 Å². The van der Waals surface area contributed by atoms with Gasteiger partial charge in [0.1, 0.15) is 5.82 Å². The van der Waals surface area contributed by atoms with E-state index in [0.29, 0.717) is 19.0 Å². The Morgan fingerprint density at radius 1 is 1.12 bits per heavy atom. The Morgan fingerprint density at radius 3 is 2.27 bits per heavy atom. The third-order valence-electron chi connectivity index (χ3n) is 5.91. The SMILES string of the molecule is C=CC(=C)CCN.Cc1nc(Cn2c(=O)n(C(C)C)c3ccccc32)n(CCC(C)C)c1C. The second-order valence-corrected chi connectivity index (χ2v) is 9.26. The van der Waals surface area contributed by atoms with Crippen LogP contribution in [0.4, 0.5) is 0 Å². The molecule has 3 rings (SSSR count). The average Bonchev–Trinajstić information content (AvgIpc) is 3.20. The first-order valence-corrected chi connectivity index (χ1v) is 11.8. The van der Waals surface area contributed by atoms with Crippen molar-refractivity contribution in [3.05, 3.63) is 76.8 Å². The molecule has 0 aliphatic carbocycles. The first-order valence-electron chi connectivity index (χ1n) is 11.8. The van der Waals surface area contributed by atoms with Gasteiger partial charge in [0.05, 0.1) is 23.3 Å². The zero-order valence-electron chi connectivity index (χ0n) is 21.3. The molecule has 0 radical (unpaired) electrons. The topological polar surface area (TPSA) is 70.8 Å². The number of aryl methyl sites for hydroxylation is 1. The third kappa shape index (κ3) is 6.35. The molecule has 33 heavy (non-hydrogen) atoms. The highest BCUT2D eigenvalue weighted by Gasteiger charge is 2.18. The molecule has 0 unspecified atom stereocenters. The number of aromatic nitrogens is 4. The molecule has 180 valence electrons. The number of nitrogens with zero attached hydrogens (tertiary/aromatic N) is 4. The third-order valence-corrected chi connectivity index (χ3v) is 5.91. The molecule has 6 nitrogen and oxygen atoms in total. The van der Waals surface area contributed by atoms with Gasteiger partial charge in [0.2, 0.25) is 0 Å². The van der Waals surface area contributed by atoms with Gasteiger partial charge < -0.3 is 10.3 Å². The fourth-order valence-electron chi connectivity index (χ4n) is 3.84. The molecule has 0 spiro atoms. The van der Waals surface area contributed by atoms with E-state index in [4.69, 9.17) is 10.7 Å². The molecule has 0 saturated carbocycles. The molecule has 0 atom stereocenters. The summed E-state index contributed by atoms with van der Waals surface area (Å²) in [6.07, 6.45) is 3.70. The standard InChI is InChI=1S/C21H30N4O.C6H11N/c1-14(2)11-12-23-17(6)16(5)22-20(23)13-24-18-9-7-8-10-19(18)25(15(3)4)21(24)26;1-3-6(2)4-5-7/h7-10,14-15H,11-13H2,1-6H3;3H,1-2,4-5,7H2. The van der Waals surface area contributed by atoms with Gasteiger partial charge in [-0.2, -0.15) is 0 Å². The summed E-state index contributed by atoms with van der Waals surface area (Å²) in [6, 6.07) is 8.15. The maximum atomic E-state index is 13.1. The van der Waals surface area contributed by atoms with E-state index in [2.05, 4.69) is 52.3 Å². The highest BCUT2D eigenvalue weighted by atomic mass is 16.1. The van der Waals surface area contributed by atoms with E-state index in [1.54, 1.807) is 6.08 Å². The summed E-state index contributed by atoms with van der Waals surface area (Å²) < 4.78 is 6.02. The fourth-order valence-corrected chi connectivity index (χ4v) is 3.84. The van der Waals surface area contributed by atoms with Crippen LogP contribution in [-0.4, -0.2) is 25.2 Å². The summed E-state index contributed by atoms with van der Waals surface area (Å²) in [7, 11) is 0. The highest BCUT2D eigenvalue weighted by Crippen LogP contribution is 2.19. The Bertz CT molecular complexity index is 1140. The smallest absolute Gasteiger partial charge is 0.329 e. The molecular formula is C27H41N5O. The molecule has 3 aromatic rings. The van der Waals surface area contributed by atoms with Crippen molar-refractivity contribution in [2.45, 2.75) is 73.5 Å². The minimum atomic E-state index is 0.0370. The Labute approximate surface area is 198 Å². The van der Waals surface area contributed by atoms with Gasteiger partial charge in [0.15, 0.2) is 0 Å². The number of allylic oxidation sites excluding steroid dienone is 1. The van der Waals surface area contributed by atoms with Crippen LogP contribution in [0.1, 0.15) is 63.8 Å². The number of nitrogens with two attached hydrogens (primary N) is 1. The van der Waals surface area contributed by atoms with Crippen molar-refractivity contribution in [3.63, 3.8) is 0 Å². The summed E-state index contributed by atoms with van der Waals surface area (Å²) >= 11 is 0. The van der Waals surface area contributed by atoms with Gasteiger partial charge in [-0.15, -0.1) is 0 Å². The highest BCUT2D eigenvalue weighted by molar-refractivity contribution is 5.76. The van der Waals surface area contributed by atoms with Gasteiger partial charge in [-0.3, -0.25) is 9.13 Å². The Morgan fingerprint density at radius 2 is 1.76 bits per heavy atom. The second-order valence-electron chi connectivity index (χ2n) is 9.26. The number of fused-ring (bicyclic) bond motifs is 1. The number of imidazole rings is 2. The first kappa shape index (κ1) is 26.4. The summed E-state index contributed by atoms with van der Waals surface area (Å²) in [5.41, 5.74) is 10.5. The molecule has 2 aromatic heterocycles. The molecule has 1 aromatic carbocycles. The maximum absolute atomic E-state index is 13.1. The van der Waals surface area contributed by atoms with Crippen LogP contribution in [0.15, 0.2) is 53.9 Å². The van der Waals surface area contributed by atoms with Crippen molar-refractivity contribution in [1.82, 2.24) is 18.7 Å². The van der Waals surface area contributed by atoms with E-state index >= 15 is 0 Å². The van der Waals surface area contributed by atoms with Crippen LogP contribution in [0.2, 0.25) is 0 Å². The van der Waals surface area contributed by atoms with Crippen LogP contribution in [0.3, 0.4) is 0 Å². The lowest BCUT2D eigenvalue weighted by Crippen LogP contribution is -2.27. The summed E-state index contributed by atoms with van der Waals surface area (Å²) in [5, 5.41) is 0. The van der Waals surface area contributed by atoms with E-state index in [9.17, 15) is 4.79 Å². The van der Waals surface area contributed by atoms with E-state index in [0.717, 1.165) is 47.5 Å². The molecule has 0 amide bonds. The van der Waals surface area contributed by atoms with Gasteiger partial charge in [-0.1, -0.05) is 50.8 Å². The van der Waals surface area contributed by atoms with E-state index in [1.807, 2.05) is 40.3 Å². The molecule has 2 N–H and O–H groups in total. The van der Waals surface area contributed by atoms with Crippen LogP contribution in [0, 0.1) is 19.8 Å². The van der Waals surface area contributed by atoms with Gasteiger partial charge in [-0.25, -0.2) is 9.78 Å². The molecule has 0 fully saturated rings. The van der Waals surface area contributed by atoms with Gasteiger partial charge in [-0.05, 0) is 65.1 Å². The minimum Gasteiger partial charge on any atom is -0.331 e. The Kier molecular flexibility index (Phi) is 9.47. The lowest BCUT2D eigenvalue weighted by Gasteiger charge is -2.12. The van der Waals surface area contributed by atoms with Crippen molar-refractivity contribution in [1.29, 1.82) is 0 Å². The van der Waals surface area contributed by atoms with Crippen molar-refractivity contribution in [3.8, 4) is 0 Å². The average molecular weight is 452 g/mol. The van der Waals surface area contributed by atoms with Crippen LogP contribution in [-0.2, 0) is 13.1 Å². The maximum Gasteiger partial charge on any atom is 0.329 e. The number of benzene rings is 1. The van der Waals surface area contributed by atoms with E-state index in [1.165, 1.54) is 5.69 Å². The zero-order valence-corrected chi connectivity index (χ0v) is 21.3. The second kappa shape index (κ2) is 11.8. The lowest BCUT2D eigenvalue weighted by atomic mass is 10.1. The Balaban J connectivity index is 0.000000479. The van der Waals surface area contributed by atoms with Crippen molar-refractivity contribution in [2.75, 3.05) is 6.54 Å². The fraction of sp³-hybridized carbons (Fsp3) is 0.481. The normalized spacial score (nSPS) is 11.2. The predicted octanol–water partition coefficient (Wildman–Crippen LogP) is 5.37. The number of hydrogen-bond acceptors (Lipinski definition) is 3. The number of hydrogen-bond donors (Lipinski definition) is 1. The van der Waals surface area contributed by atoms with Crippen molar-refractivity contribution in [2.24, 2.45) is 11.7 Å². The molecular weight excluding hydrogens is 410 g/mol. The van der Waals surface area contributed by atoms with Gasteiger partial charge >= 0.3 is 5.69 Å². The van der Waals surface area contributed by atoms with Crippen LogP contribution < -0.4 is 11.4 Å². The Hall–Kier alpha value is -2.86. The molecule has 0 aliphatic heterocycles. The first-order chi connectivity index (χ1) is 15.6. The molecule has 6 heteroatoms. The molecule has 0 aliphatic rings. The number of rotatable bonds is 9. The van der Waals surface area contributed by atoms with Crippen molar-refractivity contribution < 1.29 is 0 Å². The minimum absolute atomic E-state index is 0.0370. The summed E-state index contributed by atoms with van der Waals surface area (Å²) in [5.74, 6) is 1.60. The molecule has 0 saturated heterocycles. The van der Waals surface area contributed by atoms with Crippen LogP contribution >= 0.6 is 0 Å². The van der Waals surface area contributed by atoms with E-state index < -0.39 is 0 Å². The van der Waals surface area contributed by atoms with Crippen molar-refractivity contribution >= 4 is 11.0 Å². The number of para-hydroxylation sites is 2. The summed E-state index contributed by atoms with van der Waals surface area (Å²) in [6.45, 7) is 22.0. The molecule has 0 bridgehead atoms. The lowest BCUT2D eigenvalue weighted by molar-refractivity contribution is 0.492. The molecule has 2 heterocycles. The summed E-state index contributed by atoms with van der Waals surface area (Å²) in [4.78, 5) is 17.9. The largest absolute Gasteiger partial charge is 0.331 e. The van der Waals surface area contributed by atoms with Crippen LogP contribution in [0.25, 0.3) is 11.0 Å². The van der Waals surface area contributed by atoms with Gasteiger partial charge in [0, 0.05) is 18.3 Å². The van der Waals surface area contributed by atoms with Gasteiger partial charge in [0.25, 0.3) is 0 Å². The monoisotopic (exact) mass is 451 g/mol. The quantitative estimate of drug-likeness (QED) is 0.445.